The van der Waals surface area contributed by atoms with Crippen molar-refractivity contribution < 1.29 is 14.1 Å². The maximum atomic E-state index is 13.5. The fourth-order valence-corrected chi connectivity index (χ4v) is 4.10. The number of pyridine rings is 1. The van der Waals surface area contributed by atoms with Gasteiger partial charge in [-0.2, -0.15) is 0 Å². The second-order valence-electron chi connectivity index (χ2n) is 7.08. The number of halogens is 2. The number of rotatable bonds is 3. The van der Waals surface area contributed by atoms with Crippen LogP contribution >= 0.6 is 23.2 Å². The lowest BCUT2D eigenvalue weighted by molar-refractivity contribution is -0.384. The minimum Gasteiger partial charge on any atom is -0.450 e. The summed E-state index contributed by atoms with van der Waals surface area (Å²) in [4.78, 5) is 43.2. The van der Waals surface area contributed by atoms with E-state index < -0.39 is 22.3 Å². The molecule has 0 N–H and O–H groups in total. The largest absolute Gasteiger partial charge is 0.450 e. The van der Waals surface area contributed by atoms with Crippen LogP contribution in [-0.4, -0.2) is 15.8 Å². The van der Waals surface area contributed by atoms with Crippen LogP contribution < -0.4 is 10.3 Å². The molecule has 0 aliphatic carbocycles. The topological polar surface area (TPSA) is 107 Å². The first-order chi connectivity index (χ1) is 15.3. The van der Waals surface area contributed by atoms with E-state index in [1.54, 1.807) is 18.2 Å². The van der Waals surface area contributed by atoms with E-state index in [-0.39, 0.29) is 33.8 Å². The van der Waals surface area contributed by atoms with Gasteiger partial charge in [-0.15, -0.1) is 0 Å². The Bertz CT molecular complexity index is 1480. The Hall–Kier alpha value is -3.75. The van der Waals surface area contributed by atoms with E-state index in [2.05, 4.69) is 4.98 Å². The number of non-ortho nitro benzene ring substituents is 1. The number of anilines is 1. The number of hydrogen-bond donors (Lipinski definition) is 0. The normalized spacial score (nSPS) is 15.2. The minimum absolute atomic E-state index is 0.0574. The lowest BCUT2D eigenvalue weighted by atomic mass is 9.98. The van der Waals surface area contributed by atoms with Crippen molar-refractivity contribution in [3.63, 3.8) is 0 Å². The SMILES string of the molecule is O=C1c2oc3ccc(Cl)cc3c(=O)c2[C@@H](c2cccc([N+](=O)[O-])c2)N1c1ccc(Cl)cn1. The zero-order valence-electron chi connectivity index (χ0n) is 16.0. The van der Waals surface area contributed by atoms with Crippen molar-refractivity contribution in [2.24, 2.45) is 0 Å². The van der Waals surface area contributed by atoms with E-state index in [1.165, 1.54) is 47.5 Å². The molecule has 0 radical (unpaired) electrons. The lowest BCUT2D eigenvalue weighted by Gasteiger charge is -2.24. The first-order valence-electron chi connectivity index (χ1n) is 9.31. The average molecular weight is 468 g/mol. The summed E-state index contributed by atoms with van der Waals surface area (Å²) < 4.78 is 5.82. The molecule has 5 rings (SSSR count). The average Bonchev–Trinajstić information content (AvgIpc) is 3.07. The van der Waals surface area contributed by atoms with Gasteiger partial charge in [-0.25, -0.2) is 4.98 Å². The van der Waals surface area contributed by atoms with Crippen molar-refractivity contribution in [3.8, 4) is 0 Å². The fraction of sp³-hybridized carbons (Fsp3) is 0.0455. The van der Waals surface area contributed by atoms with Gasteiger partial charge in [0.2, 0.25) is 5.76 Å². The molecule has 32 heavy (non-hydrogen) atoms. The van der Waals surface area contributed by atoms with Crippen LogP contribution in [0.1, 0.15) is 27.7 Å². The summed E-state index contributed by atoms with van der Waals surface area (Å²) in [6.07, 6.45) is 1.36. The molecule has 0 saturated carbocycles. The minimum atomic E-state index is -0.995. The second kappa shape index (κ2) is 7.44. The summed E-state index contributed by atoms with van der Waals surface area (Å²) in [5, 5.41) is 12.2. The highest BCUT2D eigenvalue weighted by Crippen LogP contribution is 2.41. The highest BCUT2D eigenvalue weighted by molar-refractivity contribution is 6.31. The third kappa shape index (κ3) is 3.12. The third-order valence-corrected chi connectivity index (χ3v) is 5.65. The van der Waals surface area contributed by atoms with Crippen molar-refractivity contribution in [2.45, 2.75) is 6.04 Å². The van der Waals surface area contributed by atoms with Gasteiger partial charge in [0.15, 0.2) is 5.43 Å². The van der Waals surface area contributed by atoms with Gasteiger partial charge in [-0.3, -0.25) is 24.6 Å². The van der Waals surface area contributed by atoms with Crippen LogP contribution in [-0.2, 0) is 0 Å². The Balaban J connectivity index is 1.82. The molecule has 10 heteroatoms. The van der Waals surface area contributed by atoms with E-state index in [9.17, 15) is 19.7 Å². The summed E-state index contributed by atoms with van der Waals surface area (Å²) in [5.41, 5.74) is -0.0142. The number of nitro groups is 1. The van der Waals surface area contributed by atoms with Crippen LogP contribution in [0, 0.1) is 10.1 Å². The monoisotopic (exact) mass is 467 g/mol. The van der Waals surface area contributed by atoms with Crippen molar-refractivity contribution in [3.05, 3.63) is 108 Å². The van der Waals surface area contributed by atoms with Gasteiger partial charge in [-0.1, -0.05) is 35.3 Å². The van der Waals surface area contributed by atoms with Gasteiger partial charge in [0.25, 0.3) is 11.6 Å². The molecule has 0 spiro atoms. The van der Waals surface area contributed by atoms with Crippen LogP contribution in [0.2, 0.25) is 10.0 Å². The molecule has 1 amide bonds. The van der Waals surface area contributed by atoms with Crippen LogP contribution in [0.25, 0.3) is 11.0 Å². The highest BCUT2D eigenvalue weighted by Gasteiger charge is 2.44. The van der Waals surface area contributed by atoms with Crippen LogP contribution in [0.15, 0.2) is 70.0 Å². The van der Waals surface area contributed by atoms with Crippen molar-refractivity contribution in [2.75, 3.05) is 4.90 Å². The molecular formula is C22H11Cl2N3O5. The number of benzene rings is 2. The predicted octanol–water partition coefficient (Wildman–Crippen LogP) is 5.15. The maximum Gasteiger partial charge on any atom is 0.296 e. The number of carbonyl (C=O) groups excluding carboxylic acids is 1. The van der Waals surface area contributed by atoms with E-state index in [0.717, 1.165) is 0 Å². The van der Waals surface area contributed by atoms with Gasteiger partial charge < -0.3 is 4.42 Å². The molecule has 0 unspecified atom stereocenters. The van der Waals surface area contributed by atoms with Gasteiger partial charge >= 0.3 is 0 Å². The quantitative estimate of drug-likeness (QED) is 0.304. The molecule has 1 aliphatic rings. The van der Waals surface area contributed by atoms with E-state index in [0.29, 0.717) is 15.6 Å². The number of hydrogen-bond acceptors (Lipinski definition) is 6. The van der Waals surface area contributed by atoms with Gasteiger partial charge in [-0.05, 0) is 35.9 Å². The van der Waals surface area contributed by atoms with Crippen molar-refractivity contribution >= 4 is 51.6 Å². The predicted molar refractivity (Wildman–Crippen MR) is 118 cm³/mol. The number of amides is 1. The van der Waals surface area contributed by atoms with Gasteiger partial charge in [0.1, 0.15) is 11.4 Å². The molecule has 1 atom stereocenters. The first kappa shape index (κ1) is 20.2. The van der Waals surface area contributed by atoms with Crippen LogP contribution in [0.3, 0.4) is 0 Å². The molecule has 4 aromatic rings. The Kier molecular flexibility index (Phi) is 4.69. The molecule has 2 aromatic heterocycles. The summed E-state index contributed by atoms with van der Waals surface area (Å²) >= 11 is 12.0. The van der Waals surface area contributed by atoms with Crippen LogP contribution in [0.4, 0.5) is 11.5 Å². The Morgan fingerprint density at radius 2 is 1.81 bits per heavy atom. The number of carbonyl (C=O) groups is 1. The standard InChI is InChI=1S/C22H11Cl2N3O5/c23-12-4-6-16-15(9-12)20(28)18-19(11-2-1-3-14(8-11)27(30)31)26(22(29)21(18)32-16)17-7-5-13(24)10-25-17/h1-10,19H/t19-/m1/s1. The molecule has 0 saturated heterocycles. The fourth-order valence-electron chi connectivity index (χ4n) is 3.82. The van der Waals surface area contributed by atoms with E-state index in [1.807, 2.05) is 0 Å². The smallest absolute Gasteiger partial charge is 0.296 e. The van der Waals surface area contributed by atoms with Crippen molar-refractivity contribution in [1.29, 1.82) is 0 Å². The number of aromatic nitrogens is 1. The maximum absolute atomic E-state index is 13.5. The molecule has 158 valence electrons. The van der Waals surface area contributed by atoms with E-state index in [4.69, 9.17) is 27.6 Å². The lowest BCUT2D eigenvalue weighted by Crippen LogP contribution is -2.30. The molecular weight excluding hydrogens is 457 g/mol. The number of nitrogens with zero attached hydrogens (tertiary/aromatic N) is 3. The summed E-state index contributed by atoms with van der Waals surface area (Å²) in [5.74, 6) is -0.540. The van der Waals surface area contributed by atoms with Crippen molar-refractivity contribution in [1.82, 2.24) is 4.98 Å². The zero-order valence-corrected chi connectivity index (χ0v) is 17.5. The van der Waals surface area contributed by atoms with E-state index >= 15 is 0 Å². The number of fused-ring (bicyclic) bond motifs is 2. The second-order valence-corrected chi connectivity index (χ2v) is 7.95. The Labute approximate surface area is 189 Å². The molecule has 3 heterocycles. The number of nitro benzene ring substituents is 1. The Morgan fingerprint density at radius 1 is 1.03 bits per heavy atom. The molecule has 8 nitrogen and oxygen atoms in total. The molecule has 0 bridgehead atoms. The molecule has 0 fully saturated rings. The third-order valence-electron chi connectivity index (χ3n) is 5.19. The zero-order chi connectivity index (χ0) is 22.6. The molecule has 2 aromatic carbocycles. The summed E-state index contributed by atoms with van der Waals surface area (Å²) in [6.45, 7) is 0. The summed E-state index contributed by atoms with van der Waals surface area (Å²) in [6, 6.07) is 12.3. The van der Waals surface area contributed by atoms with Crippen LogP contribution in [0.5, 0.6) is 0 Å². The first-order valence-corrected chi connectivity index (χ1v) is 10.1. The Morgan fingerprint density at radius 3 is 2.53 bits per heavy atom. The summed E-state index contributed by atoms with van der Waals surface area (Å²) in [7, 11) is 0. The van der Waals surface area contributed by atoms with Gasteiger partial charge in [0.05, 0.1) is 26.9 Å². The molecule has 1 aliphatic heterocycles. The van der Waals surface area contributed by atoms with Gasteiger partial charge in [0, 0.05) is 23.4 Å². The highest BCUT2D eigenvalue weighted by atomic mass is 35.5.